The fourth-order valence-electron chi connectivity index (χ4n) is 2.66. The minimum absolute atomic E-state index is 0.0403. The summed E-state index contributed by atoms with van der Waals surface area (Å²) in [5, 5.41) is 2.49. The van der Waals surface area contributed by atoms with Gasteiger partial charge < -0.3 is 19.5 Å². The molecule has 3 rings (SSSR count). The van der Waals surface area contributed by atoms with Gasteiger partial charge in [-0.25, -0.2) is 8.42 Å². The second kappa shape index (κ2) is 9.23. The van der Waals surface area contributed by atoms with E-state index in [-0.39, 0.29) is 28.0 Å². The summed E-state index contributed by atoms with van der Waals surface area (Å²) < 4.78 is 77.7. The number of carbonyl (C=O) groups is 1. The van der Waals surface area contributed by atoms with Gasteiger partial charge in [0.25, 0.3) is 0 Å². The Morgan fingerprint density at radius 2 is 1.81 bits per heavy atom. The topological polar surface area (TPSA) is 90.9 Å². The third kappa shape index (κ3) is 6.41. The molecule has 1 heterocycles. The summed E-state index contributed by atoms with van der Waals surface area (Å²) in [6.07, 6.45) is -5.01. The van der Waals surface area contributed by atoms with Gasteiger partial charge in [-0.2, -0.15) is 13.2 Å². The number of amides is 1. The van der Waals surface area contributed by atoms with Crippen LogP contribution in [-0.4, -0.2) is 46.1 Å². The molecule has 1 aliphatic rings. The first kappa shape index (κ1) is 23.0. The van der Waals surface area contributed by atoms with Crippen molar-refractivity contribution in [3.63, 3.8) is 0 Å². The normalized spacial score (nSPS) is 13.5. The molecule has 2 aromatic carbocycles. The van der Waals surface area contributed by atoms with E-state index in [9.17, 15) is 26.4 Å². The summed E-state index contributed by atoms with van der Waals surface area (Å²) in [4.78, 5) is 12.2. The largest absolute Gasteiger partial charge is 0.486 e. The highest BCUT2D eigenvalue weighted by Crippen LogP contribution is 2.33. The molecule has 0 spiro atoms. The van der Waals surface area contributed by atoms with Gasteiger partial charge in [-0.15, -0.1) is 0 Å². The van der Waals surface area contributed by atoms with Gasteiger partial charge in [0.15, 0.2) is 27.9 Å². The fraction of sp³-hybridized carbons (Fsp3) is 0.316. The lowest BCUT2D eigenvalue weighted by molar-refractivity contribution is -0.153. The summed E-state index contributed by atoms with van der Waals surface area (Å²) in [5.41, 5.74) is -0.0986. The minimum atomic E-state index is -4.57. The van der Waals surface area contributed by atoms with Gasteiger partial charge in [0.2, 0.25) is 5.91 Å². The van der Waals surface area contributed by atoms with E-state index in [1.807, 2.05) is 0 Å². The Kier molecular flexibility index (Phi) is 6.85. The van der Waals surface area contributed by atoms with Gasteiger partial charge in [-0.3, -0.25) is 4.79 Å². The zero-order valence-corrected chi connectivity index (χ0v) is 17.4. The second-order valence-electron chi connectivity index (χ2n) is 6.47. The van der Waals surface area contributed by atoms with Crippen molar-refractivity contribution in [3.8, 4) is 17.2 Å². The number of sulfone groups is 1. The lowest BCUT2D eigenvalue weighted by atomic mass is 10.3. The molecule has 0 aliphatic carbocycles. The fourth-order valence-corrected chi connectivity index (χ4v) is 4.08. The molecule has 0 atom stereocenters. The Morgan fingerprint density at radius 1 is 1.10 bits per heavy atom. The molecule has 168 valence electrons. The van der Waals surface area contributed by atoms with Crippen molar-refractivity contribution >= 4 is 33.0 Å². The van der Waals surface area contributed by atoms with Crippen LogP contribution >= 0.6 is 11.6 Å². The molecule has 1 amide bonds. The molecule has 0 saturated heterocycles. The van der Waals surface area contributed by atoms with Crippen LogP contribution in [0, 0.1) is 0 Å². The number of fused-ring (bicyclic) bond motifs is 1. The lowest BCUT2D eigenvalue weighted by Gasteiger charge is -2.18. The third-order valence-electron chi connectivity index (χ3n) is 4.08. The van der Waals surface area contributed by atoms with Crippen molar-refractivity contribution in [2.24, 2.45) is 0 Å². The molecule has 7 nitrogen and oxygen atoms in total. The van der Waals surface area contributed by atoms with Gasteiger partial charge in [0.1, 0.15) is 19.0 Å². The van der Waals surface area contributed by atoms with E-state index in [0.717, 1.165) is 0 Å². The van der Waals surface area contributed by atoms with Crippen molar-refractivity contribution in [1.29, 1.82) is 0 Å². The minimum Gasteiger partial charge on any atom is -0.486 e. The van der Waals surface area contributed by atoms with Crippen LogP contribution in [0.2, 0.25) is 5.02 Å². The number of benzene rings is 2. The first-order valence-electron chi connectivity index (χ1n) is 8.95. The van der Waals surface area contributed by atoms with Crippen LogP contribution < -0.4 is 19.5 Å². The van der Waals surface area contributed by atoms with Crippen molar-refractivity contribution in [2.45, 2.75) is 17.5 Å². The number of alkyl halides is 3. The van der Waals surface area contributed by atoms with Crippen LogP contribution in [0.1, 0.15) is 6.42 Å². The Balaban J connectivity index is 1.65. The van der Waals surface area contributed by atoms with Gasteiger partial charge in [-0.1, -0.05) is 11.6 Å². The van der Waals surface area contributed by atoms with Crippen molar-refractivity contribution < 1.29 is 40.6 Å². The summed E-state index contributed by atoms with van der Waals surface area (Å²) in [5.74, 6) is -0.792. The predicted octanol–water partition coefficient (Wildman–Crippen LogP) is 3.85. The number of anilines is 1. The second-order valence-corrected chi connectivity index (χ2v) is 9.01. The lowest BCUT2D eigenvalue weighted by Crippen LogP contribution is -2.21. The van der Waals surface area contributed by atoms with Crippen LogP contribution in [-0.2, 0) is 14.6 Å². The Hall–Kier alpha value is -2.66. The average molecular weight is 480 g/mol. The van der Waals surface area contributed by atoms with Crippen molar-refractivity contribution in [1.82, 2.24) is 0 Å². The van der Waals surface area contributed by atoms with Crippen LogP contribution in [0.5, 0.6) is 17.2 Å². The maximum Gasteiger partial charge on any atom is 0.422 e. The summed E-state index contributed by atoms with van der Waals surface area (Å²) in [7, 11) is -3.83. The Bertz CT molecular complexity index is 1070. The van der Waals surface area contributed by atoms with E-state index in [0.29, 0.717) is 18.1 Å². The number of ether oxygens (including phenoxy) is 3. The van der Waals surface area contributed by atoms with Gasteiger partial charge in [-0.05, 0) is 30.3 Å². The molecule has 12 heteroatoms. The third-order valence-corrected chi connectivity index (χ3v) is 6.03. The quantitative estimate of drug-likeness (QED) is 0.648. The number of halogens is 4. The molecule has 0 radical (unpaired) electrons. The highest BCUT2D eigenvalue weighted by molar-refractivity contribution is 7.91. The molecule has 0 fully saturated rings. The molecule has 0 bridgehead atoms. The number of rotatable bonds is 7. The van der Waals surface area contributed by atoms with E-state index < -0.39 is 40.7 Å². The molecule has 0 saturated carbocycles. The maximum atomic E-state index is 12.6. The first-order chi connectivity index (χ1) is 14.5. The molecule has 2 aromatic rings. The van der Waals surface area contributed by atoms with Crippen LogP contribution in [0.15, 0.2) is 41.3 Å². The molecule has 0 unspecified atom stereocenters. The zero-order chi connectivity index (χ0) is 22.6. The van der Waals surface area contributed by atoms with Crippen molar-refractivity contribution in [2.75, 3.05) is 30.9 Å². The molecule has 1 aliphatic heterocycles. The Labute approximate surface area is 181 Å². The number of nitrogens with one attached hydrogen (secondary N) is 1. The van der Waals surface area contributed by atoms with E-state index in [1.165, 1.54) is 36.4 Å². The molecule has 1 N–H and O–H groups in total. The number of hydrogen-bond acceptors (Lipinski definition) is 6. The smallest absolute Gasteiger partial charge is 0.422 e. The van der Waals surface area contributed by atoms with Gasteiger partial charge >= 0.3 is 6.18 Å². The summed E-state index contributed by atoms with van der Waals surface area (Å²) in [6, 6.07) is 7.83. The Morgan fingerprint density at radius 3 is 2.52 bits per heavy atom. The number of hydrogen-bond donors (Lipinski definition) is 1. The van der Waals surface area contributed by atoms with Crippen LogP contribution in [0.4, 0.5) is 18.9 Å². The standard InChI is InChI=1S/C19H17ClF3NO6S/c20-12-1-3-15(30-11-19(21,22)23)14(9-12)24-18(25)5-8-31(26,27)13-2-4-16-17(10-13)29-7-6-28-16/h1-4,9-10H,5-8,11H2,(H,24,25). The molecule has 31 heavy (non-hydrogen) atoms. The maximum absolute atomic E-state index is 12.6. The monoisotopic (exact) mass is 479 g/mol. The van der Waals surface area contributed by atoms with Crippen LogP contribution in [0.25, 0.3) is 0 Å². The first-order valence-corrected chi connectivity index (χ1v) is 11.0. The zero-order valence-electron chi connectivity index (χ0n) is 15.9. The highest BCUT2D eigenvalue weighted by atomic mass is 35.5. The van der Waals surface area contributed by atoms with E-state index >= 15 is 0 Å². The van der Waals surface area contributed by atoms with Gasteiger partial charge in [0.05, 0.1) is 16.3 Å². The SMILES string of the molecule is O=C(CCS(=O)(=O)c1ccc2c(c1)OCCO2)Nc1cc(Cl)ccc1OCC(F)(F)F. The van der Waals surface area contributed by atoms with E-state index in [4.69, 9.17) is 21.1 Å². The highest BCUT2D eigenvalue weighted by Gasteiger charge is 2.29. The summed E-state index contributed by atoms with van der Waals surface area (Å²) >= 11 is 5.83. The summed E-state index contributed by atoms with van der Waals surface area (Å²) in [6.45, 7) is -0.912. The van der Waals surface area contributed by atoms with E-state index in [2.05, 4.69) is 10.1 Å². The molecular formula is C19H17ClF3NO6S. The molecule has 0 aromatic heterocycles. The van der Waals surface area contributed by atoms with E-state index in [1.54, 1.807) is 0 Å². The van der Waals surface area contributed by atoms with Crippen molar-refractivity contribution in [3.05, 3.63) is 41.4 Å². The number of carbonyl (C=O) groups excluding carboxylic acids is 1. The average Bonchev–Trinajstić information content (AvgIpc) is 2.71. The molecular weight excluding hydrogens is 463 g/mol. The van der Waals surface area contributed by atoms with Crippen LogP contribution in [0.3, 0.4) is 0 Å². The predicted molar refractivity (Wildman–Crippen MR) is 106 cm³/mol. The van der Waals surface area contributed by atoms with Gasteiger partial charge in [0, 0.05) is 17.5 Å².